The van der Waals surface area contributed by atoms with Crippen LogP contribution in [0.4, 0.5) is 0 Å². The van der Waals surface area contributed by atoms with E-state index in [9.17, 15) is 0 Å². The van der Waals surface area contributed by atoms with E-state index in [2.05, 4.69) is 17.1 Å². The van der Waals surface area contributed by atoms with E-state index in [0.29, 0.717) is 18.2 Å². The summed E-state index contributed by atoms with van der Waals surface area (Å²) in [6.07, 6.45) is 0.447. The van der Waals surface area contributed by atoms with Crippen molar-refractivity contribution in [1.82, 2.24) is 5.01 Å². The van der Waals surface area contributed by atoms with Crippen LogP contribution in [-0.4, -0.2) is 23.9 Å². The molecule has 2 atom stereocenters. The van der Waals surface area contributed by atoms with Crippen molar-refractivity contribution < 1.29 is 14.2 Å². The minimum Gasteiger partial charge on any atom is -0.494 e. The van der Waals surface area contributed by atoms with Crippen molar-refractivity contribution in [3.8, 4) is 17.2 Å². The van der Waals surface area contributed by atoms with Crippen molar-refractivity contribution in [2.75, 3.05) is 13.2 Å². The second-order valence-corrected chi connectivity index (χ2v) is 8.19. The predicted octanol–water partition coefficient (Wildman–Crippen LogP) is 6.38. The van der Waals surface area contributed by atoms with Crippen LogP contribution >= 0.6 is 11.6 Å². The Labute approximate surface area is 193 Å². The molecule has 0 radical (unpaired) electrons. The van der Waals surface area contributed by atoms with Gasteiger partial charge in [-0.05, 0) is 86.1 Å². The molecule has 0 unspecified atom stereocenters. The lowest BCUT2D eigenvalue weighted by Gasteiger charge is -2.38. The third kappa shape index (κ3) is 3.89. The van der Waals surface area contributed by atoms with Gasteiger partial charge >= 0.3 is 0 Å². The van der Waals surface area contributed by atoms with Crippen LogP contribution in [0.2, 0.25) is 5.02 Å². The first-order valence-corrected chi connectivity index (χ1v) is 11.3. The van der Waals surface area contributed by atoms with Crippen molar-refractivity contribution in [3.63, 3.8) is 0 Å². The Kier molecular flexibility index (Phi) is 5.66. The summed E-state index contributed by atoms with van der Waals surface area (Å²) < 4.78 is 17.6. The second-order valence-electron chi connectivity index (χ2n) is 7.76. The monoisotopic (exact) mass is 448 g/mol. The fourth-order valence-electron chi connectivity index (χ4n) is 4.26. The number of nitrogens with zero attached hydrogens (tertiary/aromatic N) is 2. The molecular formula is C26H25ClN2O3. The van der Waals surface area contributed by atoms with Crippen LogP contribution in [0.15, 0.2) is 71.8 Å². The summed E-state index contributed by atoms with van der Waals surface area (Å²) in [6.45, 7) is 5.24. The second kappa shape index (κ2) is 8.75. The number of hydrogen-bond acceptors (Lipinski definition) is 5. The van der Waals surface area contributed by atoms with E-state index < -0.39 is 0 Å². The van der Waals surface area contributed by atoms with Gasteiger partial charge in [0.2, 0.25) is 6.23 Å². The fraction of sp³-hybridized carbons (Fsp3) is 0.269. The maximum absolute atomic E-state index is 6.42. The summed E-state index contributed by atoms with van der Waals surface area (Å²) in [7, 11) is 0. The Hall–Kier alpha value is -3.18. The summed E-state index contributed by atoms with van der Waals surface area (Å²) in [5, 5.41) is 7.76. The molecule has 3 aromatic rings. The van der Waals surface area contributed by atoms with Crippen molar-refractivity contribution in [2.24, 2.45) is 5.10 Å². The lowest BCUT2D eigenvalue weighted by molar-refractivity contribution is -0.0190. The highest BCUT2D eigenvalue weighted by atomic mass is 35.5. The van der Waals surface area contributed by atoms with E-state index in [-0.39, 0.29) is 12.3 Å². The maximum atomic E-state index is 6.42. The van der Waals surface area contributed by atoms with E-state index in [1.54, 1.807) is 0 Å². The zero-order valence-electron chi connectivity index (χ0n) is 18.1. The van der Waals surface area contributed by atoms with Crippen LogP contribution in [0.3, 0.4) is 0 Å². The molecule has 5 rings (SSSR count). The van der Waals surface area contributed by atoms with E-state index >= 15 is 0 Å². The summed E-state index contributed by atoms with van der Waals surface area (Å²) in [5.41, 5.74) is 4.18. The van der Waals surface area contributed by atoms with E-state index in [4.69, 9.17) is 30.9 Å². The van der Waals surface area contributed by atoms with E-state index in [1.807, 2.05) is 68.4 Å². The molecule has 2 heterocycles. The molecule has 0 saturated carbocycles. The highest BCUT2D eigenvalue weighted by molar-refractivity contribution is 6.30. The van der Waals surface area contributed by atoms with Crippen molar-refractivity contribution in [3.05, 3.63) is 88.4 Å². The van der Waals surface area contributed by atoms with E-state index in [1.165, 1.54) is 0 Å². The predicted molar refractivity (Wildman–Crippen MR) is 126 cm³/mol. The van der Waals surface area contributed by atoms with Gasteiger partial charge in [0.15, 0.2) is 0 Å². The smallest absolute Gasteiger partial charge is 0.213 e. The maximum Gasteiger partial charge on any atom is 0.213 e. The Morgan fingerprint density at radius 1 is 0.938 bits per heavy atom. The van der Waals surface area contributed by atoms with Crippen LogP contribution in [0.25, 0.3) is 0 Å². The van der Waals surface area contributed by atoms with Crippen LogP contribution in [0.5, 0.6) is 17.2 Å². The molecule has 6 heteroatoms. The van der Waals surface area contributed by atoms with Crippen LogP contribution in [0, 0.1) is 0 Å². The van der Waals surface area contributed by atoms with Gasteiger partial charge in [0.05, 0.1) is 25.0 Å². The molecule has 0 amide bonds. The van der Waals surface area contributed by atoms with Gasteiger partial charge < -0.3 is 14.2 Å². The summed E-state index contributed by atoms with van der Waals surface area (Å²) in [4.78, 5) is 0. The lowest BCUT2D eigenvalue weighted by atomic mass is 9.96. The van der Waals surface area contributed by atoms with Crippen molar-refractivity contribution >= 4 is 17.3 Å². The van der Waals surface area contributed by atoms with Gasteiger partial charge in [-0.1, -0.05) is 11.6 Å². The first kappa shape index (κ1) is 20.7. The quantitative estimate of drug-likeness (QED) is 0.439. The molecule has 164 valence electrons. The molecule has 0 fully saturated rings. The topological polar surface area (TPSA) is 43.3 Å². The molecule has 5 nitrogen and oxygen atoms in total. The molecule has 2 aliphatic rings. The summed E-state index contributed by atoms with van der Waals surface area (Å²) in [6, 6.07) is 22.0. The molecule has 0 saturated heterocycles. The van der Waals surface area contributed by atoms with Gasteiger partial charge in [0.1, 0.15) is 17.2 Å². The first-order chi connectivity index (χ1) is 15.7. The van der Waals surface area contributed by atoms with Crippen LogP contribution in [0.1, 0.15) is 49.2 Å². The van der Waals surface area contributed by atoms with E-state index in [0.717, 1.165) is 46.1 Å². The number of fused-ring (bicyclic) bond motifs is 3. The van der Waals surface area contributed by atoms with Crippen molar-refractivity contribution in [1.29, 1.82) is 0 Å². The molecule has 0 spiro atoms. The number of rotatable bonds is 6. The third-order valence-corrected chi connectivity index (χ3v) is 5.96. The zero-order chi connectivity index (χ0) is 22.1. The molecule has 0 bridgehead atoms. The van der Waals surface area contributed by atoms with Gasteiger partial charge in [-0.15, -0.1) is 0 Å². The standard InChI is InChI=1S/C26H25ClN2O3/c1-3-30-20-10-5-17(6-11-20)23-16-24-22-15-19(27)9-14-25(22)32-26(29(24)28-23)18-7-12-21(13-8-18)31-4-2/h5-15,24,26H,3-4,16H2,1-2H3/t24-,26+/m1/s1. The molecule has 2 aliphatic heterocycles. The van der Waals surface area contributed by atoms with Gasteiger partial charge in [0.25, 0.3) is 0 Å². The highest BCUT2D eigenvalue weighted by Gasteiger charge is 2.41. The number of ether oxygens (including phenoxy) is 3. The molecule has 0 aromatic heterocycles. The van der Waals surface area contributed by atoms with Gasteiger partial charge in [-0.3, -0.25) is 0 Å². The Bertz CT molecular complexity index is 1130. The zero-order valence-corrected chi connectivity index (χ0v) is 18.9. The molecule has 3 aromatic carbocycles. The largest absolute Gasteiger partial charge is 0.494 e. The minimum absolute atomic E-state index is 0.0515. The number of halogens is 1. The van der Waals surface area contributed by atoms with Gasteiger partial charge in [-0.25, -0.2) is 5.01 Å². The number of benzene rings is 3. The van der Waals surface area contributed by atoms with Gasteiger partial charge in [0, 0.05) is 22.6 Å². The summed E-state index contributed by atoms with van der Waals surface area (Å²) in [5.74, 6) is 2.55. The highest BCUT2D eigenvalue weighted by Crippen LogP contribution is 2.48. The fourth-order valence-corrected chi connectivity index (χ4v) is 4.44. The molecule has 0 aliphatic carbocycles. The lowest BCUT2D eigenvalue weighted by Crippen LogP contribution is -2.33. The average molecular weight is 449 g/mol. The molecule has 32 heavy (non-hydrogen) atoms. The minimum atomic E-state index is -0.329. The SMILES string of the molecule is CCOc1ccc(C2=NN3[C@H](C2)c2cc(Cl)ccc2O[C@H]3c2ccc(OCC)cc2)cc1. The molecule has 0 N–H and O–H groups in total. The van der Waals surface area contributed by atoms with Crippen LogP contribution < -0.4 is 14.2 Å². The normalized spacial score (nSPS) is 19.0. The Morgan fingerprint density at radius 2 is 1.59 bits per heavy atom. The first-order valence-electron chi connectivity index (χ1n) is 10.9. The average Bonchev–Trinajstić information content (AvgIpc) is 3.26. The number of hydrogen-bond donors (Lipinski definition) is 0. The Morgan fingerprint density at radius 3 is 2.25 bits per heavy atom. The third-order valence-electron chi connectivity index (χ3n) is 5.73. The van der Waals surface area contributed by atoms with Gasteiger partial charge in [-0.2, -0.15) is 5.10 Å². The molecular weight excluding hydrogens is 424 g/mol. The summed E-state index contributed by atoms with van der Waals surface area (Å²) >= 11 is 6.33. The number of hydrazone groups is 1. The Balaban J connectivity index is 1.51. The van der Waals surface area contributed by atoms with Crippen LogP contribution in [-0.2, 0) is 0 Å². The van der Waals surface area contributed by atoms with Crippen molar-refractivity contribution in [2.45, 2.75) is 32.5 Å².